The molecule has 0 unspecified atom stereocenters. The van der Waals surface area contributed by atoms with Crippen molar-refractivity contribution < 1.29 is 18.8 Å². The fourth-order valence-corrected chi connectivity index (χ4v) is 2.50. The van der Waals surface area contributed by atoms with Gasteiger partial charge < -0.3 is 10.1 Å². The molecular formula is C17H11ClFN3O4. The molecule has 1 amide bonds. The molecule has 9 heteroatoms. The van der Waals surface area contributed by atoms with E-state index in [9.17, 15) is 19.3 Å². The number of non-ortho nitro benzene ring substituents is 1. The predicted octanol–water partition coefficient (Wildman–Crippen LogP) is 3.95. The molecule has 0 fully saturated rings. The highest BCUT2D eigenvalue weighted by molar-refractivity contribution is 6.35. The second kappa shape index (κ2) is 7.32. The zero-order valence-corrected chi connectivity index (χ0v) is 13.9. The highest BCUT2D eigenvalue weighted by Gasteiger charge is 2.14. The SMILES string of the molecule is O=C(COc1ccc(Cl)c2cccnc12)Nc1cc([N+](=O)[O-])ccc1F. The van der Waals surface area contributed by atoms with Gasteiger partial charge in [-0.1, -0.05) is 11.6 Å². The largest absolute Gasteiger partial charge is 0.481 e. The first-order chi connectivity index (χ1) is 12.5. The van der Waals surface area contributed by atoms with Crippen LogP contribution in [-0.2, 0) is 4.79 Å². The minimum absolute atomic E-state index is 0.299. The molecule has 0 saturated heterocycles. The van der Waals surface area contributed by atoms with Crippen LogP contribution in [0.4, 0.5) is 15.8 Å². The lowest BCUT2D eigenvalue weighted by molar-refractivity contribution is -0.384. The number of halogens is 2. The minimum Gasteiger partial charge on any atom is -0.481 e. The summed E-state index contributed by atoms with van der Waals surface area (Å²) in [4.78, 5) is 26.2. The summed E-state index contributed by atoms with van der Waals surface area (Å²) in [6.07, 6.45) is 1.56. The van der Waals surface area contributed by atoms with Gasteiger partial charge in [-0.2, -0.15) is 0 Å². The number of nitro benzene ring substituents is 1. The van der Waals surface area contributed by atoms with Crippen LogP contribution in [0.3, 0.4) is 0 Å². The van der Waals surface area contributed by atoms with E-state index in [4.69, 9.17) is 16.3 Å². The molecule has 3 rings (SSSR count). The second-order valence-electron chi connectivity index (χ2n) is 5.20. The van der Waals surface area contributed by atoms with E-state index in [1.807, 2.05) is 0 Å². The average molecular weight is 376 g/mol. The van der Waals surface area contributed by atoms with Gasteiger partial charge in [-0.15, -0.1) is 0 Å². The summed E-state index contributed by atoms with van der Waals surface area (Å²) >= 11 is 6.09. The molecule has 0 aliphatic heterocycles. The molecule has 7 nitrogen and oxygen atoms in total. The Morgan fingerprint density at radius 3 is 2.88 bits per heavy atom. The number of nitrogens with zero attached hydrogens (tertiary/aromatic N) is 2. The summed E-state index contributed by atoms with van der Waals surface area (Å²) in [5.41, 5.74) is -0.156. The van der Waals surface area contributed by atoms with E-state index >= 15 is 0 Å². The first kappa shape index (κ1) is 17.6. The quantitative estimate of drug-likeness (QED) is 0.538. The van der Waals surface area contributed by atoms with Crippen molar-refractivity contribution in [2.45, 2.75) is 0 Å². The van der Waals surface area contributed by atoms with E-state index in [2.05, 4.69) is 10.3 Å². The first-order valence-corrected chi connectivity index (χ1v) is 7.73. The lowest BCUT2D eigenvalue weighted by atomic mass is 10.2. The Balaban J connectivity index is 1.73. The van der Waals surface area contributed by atoms with Crippen LogP contribution >= 0.6 is 11.6 Å². The molecule has 0 radical (unpaired) electrons. The van der Waals surface area contributed by atoms with Gasteiger partial charge in [-0.25, -0.2) is 4.39 Å². The second-order valence-corrected chi connectivity index (χ2v) is 5.61. The number of pyridine rings is 1. The highest BCUT2D eigenvalue weighted by atomic mass is 35.5. The number of nitro groups is 1. The molecular weight excluding hydrogens is 365 g/mol. The number of hydrogen-bond donors (Lipinski definition) is 1. The average Bonchev–Trinajstić information content (AvgIpc) is 2.63. The van der Waals surface area contributed by atoms with Crippen molar-refractivity contribution in [3.63, 3.8) is 0 Å². The Morgan fingerprint density at radius 2 is 2.12 bits per heavy atom. The molecule has 3 aromatic rings. The van der Waals surface area contributed by atoms with Crippen molar-refractivity contribution in [1.82, 2.24) is 4.98 Å². The van der Waals surface area contributed by atoms with Crippen molar-refractivity contribution in [2.24, 2.45) is 0 Å². The van der Waals surface area contributed by atoms with Crippen LogP contribution in [0.25, 0.3) is 10.9 Å². The Labute approximate surface area is 151 Å². The van der Waals surface area contributed by atoms with Gasteiger partial charge in [0.15, 0.2) is 6.61 Å². The number of ether oxygens (including phenoxy) is 1. The van der Waals surface area contributed by atoms with E-state index in [1.165, 1.54) is 0 Å². The van der Waals surface area contributed by atoms with Crippen LogP contribution in [0, 0.1) is 15.9 Å². The summed E-state index contributed by atoms with van der Waals surface area (Å²) in [7, 11) is 0. The van der Waals surface area contributed by atoms with Gasteiger partial charge in [-0.05, 0) is 30.3 Å². The summed E-state index contributed by atoms with van der Waals surface area (Å²) in [6, 6.07) is 9.51. The fourth-order valence-electron chi connectivity index (χ4n) is 2.28. The zero-order valence-electron chi connectivity index (χ0n) is 13.1. The van der Waals surface area contributed by atoms with Gasteiger partial charge in [0.1, 0.15) is 17.1 Å². The molecule has 0 spiro atoms. The summed E-state index contributed by atoms with van der Waals surface area (Å²) in [5.74, 6) is -1.13. The molecule has 0 aliphatic rings. The Morgan fingerprint density at radius 1 is 1.31 bits per heavy atom. The third kappa shape index (κ3) is 3.70. The van der Waals surface area contributed by atoms with Gasteiger partial charge >= 0.3 is 0 Å². The van der Waals surface area contributed by atoms with E-state index in [0.717, 1.165) is 18.2 Å². The van der Waals surface area contributed by atoms with Crippen LogP contribution in [0.2, 0.25) is 5.02 Å². The van der Waals surface area contributed by atoms with Crippen molar-refractivity contribution in [1.29, 1.82) is 0 Å². The van der Waals surface area contributed by atoms with Crippen LogP contribution in [0.5, 0.6) is 5.75 Å². The lowest BCUT2D eigenvalue weighted by Gasteiger charge is -2.10. The number of aromatic nitrogens is 1. The van der Waals surface area contributed by atoms with E-state index in [1.54, 1.807) is 30.5 Å². The number of carbonyl (C=O) groups is 1. The fraction of sp³-hybridized carbons (Fsp3) is 0.0588. The van der Waals surface area contributed by atoms with Gasteiger partial charge in [0.25, 0.3) is 11.6 Å². The predicted molar refractivity (Wildman–Crippen MR) is 93.9 cm³/mol. The minimum atomic E-state index is -0.789. The highest BCUT2D eigenvalue weighted by Crippen LogP contribution is 2.29. The Bertz CT molecular complexity index is 1010. The first-order valence-electron chi connectivity index (χ1n) is 7.35. The number of hydrogen-bond acceptors (Lipinski definition) is 5. The van der Waals surface area contributed by atoms with Crippen molar-refractivity contribution in [3.8, 4) is 5.75 Å². The molecule has 1 N–H and O–H groups in total. The summed E-state index contributed by atoms with van der Waals surface area (Å²) in [5, 5.41) is 14.1. The van der Waals surface area contributed by atoms with E-state index < -0.39 is 23.3 Å². The molecule has 0 aliphatic carbocycles. The number of anilines is 1. The van der Waals surface area contributed by atoms with Crippen LogP contribution in [-0.4, -0.2) is 22.4 Å². The number of fused-ring (bicyclic) bond motifs is 1. The number of carbonyl (C=O) groups excluding carboxylic acids is 1. The van der Waals surface area contributed by atoms with E-state index in [0.29, 0.717) is 21.7 Å². The van der Waals surface area contributed by atoms with Gasteiger partial charge in [0.05, 0.1) is 15.6 Å². The maximum atomic E-state index is 13.7. The van der Waals surface area contributed by atoms with Gasteiger partial charge in [0, 0.05) is 23.7 Å². The van der Waals surface area contributed by atoms with Gasteiger partial charge in [0.2, 0.25) is 0 Å². The maximum Gasteiger partial charge on any atom is 0.271 e. The van der Waals surface area contributed by atoms with Crippen molar-refractivity contribution >= 4 is 39.8 Å². The normalized spacial score (nSPS) is 10.5. The third-order valence-corrected chi connectivity index (χ3v) is 3.80. The van der Waals surface area contributed by atoms with Crippen LogP contribution < -0.4 is 10.1 Å². The molecule has 0 bridgehead atoms. The monoisotopic (exact) mass is 375 g/mol. The number of amides is 1. The Kier molecular flexibility index (Phi) is 4.94. The maximum absolute atomic E-state index is 13.7. The molecule has 1 heterocycles. The topological polar surface area (TPSA) is 94.4 Å². The zero-order chi connectivity index (χ0) is 18.7. The molecule has 26 heavy (non-hydrogen) atoms. The summed E-state index contributed by atoms with van der Waals surface area (Å²) < 4.78 is 19.1. The smallest absolute Gasteiger partial charge is 0.271 e. The van der Waals surface area contributed by atoms with E-state index in [-0.39, 0.29) is 11.4 Å². The lowest BCUT2D eigenvalue weighted by Crippen LogP contribution is -2.21. The van der Waals surface area contributed by atoms with Crippen LogP contribution in [0.15, 0.2) is 48.7 Å². The molecule has 1 aromatic heterocycles. The third-order valence-electron chi connectivity index (χ3n) is 3.47. The summed E-state index contributed by atoms with van der Waals surface area (Å²) in [6.45, 7) is -0.435. The molecule has 132 valence electrons. The number of rotatable bonds is 5. The number of nitrogens with one attached hydrogen (secondary N) is 1. The standard InChI is InChI=1S/C17H11ClFN3O4/c18-12-4-6-15(17-11(12)2-1-7-20-17)26-9-16(23)21-14-8-10(22(24)25)3-5-13(14)19/h1-8H,9H2,(H,21,23). The Hall–Kier alpha value is -3.26. The van der Waals surface area contributed by atoms with Gasteiger partial charge in [-0.3, -0.25) is 19.9 Å². The number of benzene rings is 2. The van der Waals surface area contributed by atoms with Crippen LogP contribution in [0.1, 0.15) is 0 Å². The molecule has 0 atom stereocenters. The molecule has 2 aromatic carbocycles. The molecule has 0 saturated carbocycles. The van der Waals surface area contributed by atoms with Crippen molar-refractivity contribution in [3.05, 3.63) is 69.6 Å². The van der Waals surface area contributed by atoms with Crippen molar-refractivity contribution in [2.75, 3.05) is 11.9 Å².